The Kier molecular flexibility index (Phi) is 32.0. The number of aliphatic hydroxyl groups excluding tert-OH is 2. The first-order valence-corrected chi connectivity index (χ1v) is 17.7. The van der Waals surface area contributed by atoms with E-state index in [1.807, 2.05) is 6.08 Å². The molecule has 4 heteroatoms. The van der Waals surface area contributed by atoms with E-state index >= 15 is 0 Å². The number of allylic oxidation sites excluding steroid dienone is 5. The van der Waals surface area contributed by atoms with E-state index in [0.29, 0.717) is 6.42 Å². The summed E-state index contributed by atoms with van der Waals surface area (Å²) >= 11 is 0. The van der Waals surface area contributed by atoms with Gasteiger partial charge in [-0.1, -0.05) is 147 Å². The normalized spacial score (nSPS) is 13.6. The van der Waals surface area contributed by atoms with Crippen LogP contribution in [0, 0.1) is 0 Å². The summed E-state index contributed by atoms with van der Waals surface area (Å²) in [5, 5.41) is 22.8. The molecular formula is C37H69NO3. The molecule has 0 heterocycles. The maximum Gasteiger partial charge on any atom is 0.220 e. The lowest BCUT2D eigenvalue weighted by molar-refractivity contribution is -0.123. The maximum atomic E-state index is 12.3. The van der Waals surface area contributed by atoms with Crippen LogP contribution >= 0.6 is 0 Å². The topological polar surface area (TPSA) is 69.6 Å². The molecule has 0 aliphatic heterocycles. The van der Waals surface area contributed by atoms with Crippen LogP contribution in [-0.4, -0.2) is 34.9 Å². The number of unbranched alkanes of at least 4 members (excludes halogenated alkanes) is 20. The number of aliphatic hydroxyl groups is 2. The molecule has 3 N–H and O–H groups in total. The molecule has 41 heavy (non-hydrogen) atoms. The highest BCUT2D eigenvalue weighted by molar-refractivity contribution is 5.76. The monoisotopic (exact) mass is 576 g/mol. The van der Waals surface area contributed by atoms with Gasteiger partial charge in [-0.15, -0.1) is 0 Å². The van der Waals surface area contributed by atoms with E-state index in [2.05, 4.69) is 43.5 Å². The highest BCUT2D eigenvalue weighted by Gasteiger charge is 2.17. The van der Waals surface area contributed by atoms with Gasteiger partial charge in [-0.05, 0) is 57.8 Å². The molecule has 0 aromatic carbocycles. The van der Waals surface area contributed by atoms with Crippen molar-refractivity contribution in [2.45, 2.75) is 187 Å². The second-order valence-corrected chi connectivity index (χ2v) is 11.9. The highest BCUT2D eigenvalue weighted by Crippen LogP contribution is 2.11. The predicted molar refractivity (Wildman–Crippen MR) is 179 cm³/mol. The SMILES string of the molecule is CCCCCCCC/C=C/CCCCCCCC(=O)N[C@@H](CO)[C@H](O)/C=C/CC/C=C/CCCCCCCCCC. The summed E-state index contributed by atoms with van der Waals surface area (Å²) in [4.78, 5) is 12.3. The zero-order chi connectivity index (χ0) is 30.1. The van der Waals surface area contributed by atoms with Crippen molar-refractivity contribution in [3.05, 3.63) is 36.5 Å². The molecule has 1 amide bonds. The van der Waals surface area contributed by atoms with Crippen LogP contribution in [0.1, 0.15) is 174 Å². The third-order valence-corrected chi connectivity index (χ3v) is 7.85. The summed E-state index contributed by atoms with van der Waals surface area (Å²) in [7, 11) is 0. The molecule has 0 aliphatic carbocycles. The Morgan fingerprint density at radius 2 is 0.951 bits per heavy atom. The number of hydrogen-bond acceptors (Lipinski definition) is 3. The number of carbonyl (C=O) groups is 1. The van der Waals surface area contributed by atoms with Gasteiger partial charge in [0.2, 0.25) is 5.91 Å². The molecule has 0 rings (SSSR count). The highest BCUT2D eigenvalue weighted by atomic mass is 16.3. The predicted octanol–water partition coefficient (Wildman–Crippen LogP) is 10.3. The molecule has 0 aromatic rings. The zero-order valence-corrected chi connectivity index (χ0v) is 27.3. The summed E-state index contributed by atoms with van der Waals surface area (Å²) in [6.07, 6.45) is 42.2. The third kappa shape index (κ3) is 29.9. The molecule has 2 atom stereocenters. The fraction of sp³-hybridized carbons (Fsp3) is 0.811. The van der Waals surface area contributed by atoms with Gasteiger partial charge in [-0.25, -0.2) is 0 Å². The van der Waals surface area contributed by atoms with Gasteiger partial charge in [0.05, 0.1) is 18.8 Å². The standard InChI is InChI=1S/C37H69NO3/c1-3-5-7-9-11-13-15-17-19-21-23-25-27-29-31-33-37(41)38-35(34-39)36(40)32-30-28-26-24-22-20-18-16-14-12-10-8-6-4-2/h17,19,22,24,30,32,35-36,39-40H,3-16,18,20-21,23,25-29,31,33-34H2,1-2H3,(H,38,41)/b19-17+,24-22+,32-30+/t35-,36+/m0/s1. The van der Waals surface area contributed by atoms with Gasteiger partial charge >= 0.3 is 0 Å². The number of nitrogens with one attached hydrogen (secondary N) is 1. The van der Waals surface area contributed by atoms with Crippen LogP contribution < -0.4 is 5.32 Å². The van der Waals surface area contributed by atoms with Crippen molar-refractivity contribution in [2.24, 2.45) is 0 Å². The fourth-order valence-corrected chi connectivity index (χ4v) is 5.07. The maximum absolute atomic E-state index is 12.3. The molecule has 0 spiro atoms. The van der Waals surface area contributed by atoms with Crippen molar-refractivity contribution in [3.8, 4) is 0 Å². The smallest absolute Gasteiger partial charge is 0.220 e. The van der Waals surface area contributed by atoms with Gasteiger partial charge in [-0.3, -0.25) is 4.79 Å². The minimum atomic E-state index is -0.862. The first-order chi connectivity index (χ1) is 20.2. The molecule has 0 aliphatic rings. The van der Waals surface area contributed by atoms with Crippen molar-refractivity contribution in [2.75, 3.05) is 6.61 Å². The largest absolute Gasteiger partial charge is 0.394 e. The summed E-state index contributed by atoms with van der Waals surface area (Å²) < 4.78 is 0. The Morgan fingerprint density at radius 3 is 1.41 bits per heavy atom. The Labute approximate surface area is 255 Å². The Morgan fingerprint density at radius 1 is 0.561 bits per heavy atom. The number of carbonyl (C=O) groups excluding carboxylic acids is 1. The fourth-order valence-electron chi connectivity index (χ4n) is 5.07. The van der Waals surface area contributed by atoms with Crippen LogP contribution in [0.4, 0.5) is 0 Å². The van der Waals surface area contributed by atoms with Gasteiger partial charge in [0.25, 0.3) is 0 Å². The summed E-state index contributed by atoms with van der Waals surface area (Å²) in [5.41, 5.74) is 0. The lowest BCUT2D eigenvalue weighted by atomic mass is 10.1. The van der Waals surface area contributed by atoms with E-state index in [0.717, 1.165) is 44.9 Å². The van der Waals surface area contributed by atoms with E-state index in [1.165, 1.54) is 109 Å². The van der Waals surface area contributed by atoms with Gasteiger partial charge in [0.15, 0.2) is 0 Å². The average molecular weight is 576 g/mol. The molecular weight excluding hydrogens is 506 g/mol. The van der Waals surface area contributed by atoms with Crippen LogP contribution in [-0.2, 0) is 4.79 Å². The van der Waals surface area contributed by atoms with Crippen LogP contribution in [0.3, 0.4) is 0 Å². The minimum absolute atomic E-state index is 0.0852. The van der Waals surface area contributed by atoms with Crippen molar-refractivity contribution in [1.82, 2.24) is 5.32 Å². The third-order valence-electron chi connectivity index (χ3n) is 7.85. The molecule has 0 radical (unpaired) electrons. The molecule has 0 saturated carbocycles. The molecule has 240 valence electrons. The Balaban J connectivity index is 3.71. The molecule has 0 aromatic heterocycles. The van der Waals surface area contributed by atoms with Crippen molar-refractivity contribution >= 4 is 5.91 Å². The van der Waals surface area contributed by atoms with Crippen molar-refractivity contribution < 1.29 is 15.0 Å². The van der Waals surface area contributed by atoms with Crippen LogP contribution in [0.2, 0.25) is 0 Å². The second kappa shape index (κ2) is 33.1. The summed E-state index contributed by atoms with van der Waals surface area (Å²) in [6, 6.07) is -0.639. The van der Waals surface area contributed by atoms with Gasteiger partial charge in [0.1, 0.15) is 0 Å². The quantitative estimate of drug-likeness (QED) is 0.0569. The van der Waals surface area contributed by atoms with Crippen LogP contribution in [0.15, 0.2) is 36.5 Å². The minimum Gasteiger partial charge on any atom is -0.394 e. The van der Waals surface area contributed by atoms with Crippen LogP contribution in [0.5, 0.6) is 0 Å². The first-order valence-electron chi connectivity index (χ1n) is 17.7. The number of rotatable bonds is 31. The molecule has 0 saturated heterocycles. The summed E-state index contributed by atoms with van der Waals surface area (Å²) in [6.45, 7) is 4.26. The van der Waals surface area contributed by atoms with E-state index in [1.54, 1.807) is 6.08 Å². The molecule has 0 unspecified atom stereocenters. The average Bonchev–Trinajstić information content (AvgIpc) is 2.97. The molecule has 4 nitrogen and oxygen atoms in total. The van der Waals surface area contributed by atoms with E-state index in [4.69, 9.17) is 0 Å². The molecule has 0 bridgehead atoms. The van der Waals surface area contributed by atoms with Gasteiger partial charge in [0, 0.05) is 6.42 Å². The molecule has 0 fully saturated rings. The van der Waals surface area contributed by atoms with E-state index in [-0.39, 0.29) is 12.5 Å². The van der Waals surface area contributed by atoms with Gasteiger partial charge < -0.3 is 15.5 Å². The van der Waals surface area contributed by atoms with Crippen molar-refractivity contribution in [3.63, 3.8) is 0 Å². The first kappa shape index (κ1) is 39.6. The van der Waals surface area contributed by atoms with Crippen molar-refractivity contribution in [1.29, 1.82) is 0 Å². The van der Waals surface area contributed by atoms with Crippen LogP contribution in [0.25, 0.3) is 0 Å². The van der Waals surface area contributed by atoms with E-state index < -0.39 is 12.1 Å². The lowest BCUT2D eigenvalue weighted by Gasteiger charge is -2.19. The Hall–Kier alpha value is -1.39. The van der Waals surface area contributed by atoms with Gasteiger partial charge in [-0.2, -0.15) is 0 Å². The zero-order valence-electron chi connectivity index (χ0n) is 27.3. The lowest BCUT2D eigenvalue weighted by Crippen LogP contribution is -2.45. The number of hydrogen-bond donors (Lipinski definition) is 3. The Bertz CT molecular complexity index is 628. The number of amides is 1. The van der Waals surface area contributed by atoms with E-state index in [9.17, 15) is 15.0 Å². The second-order valence-electron chi connectivity index (χ2n) is 11.9. The summed E-state index contributed by atoms with van der Waals surface area (Å²) in [5.74, 6) is -0.0852.